The van der Waals surface area contributed by atoms with Crippen molar-refractivity contribution < 1.29 is 0 Å². The fourth-order valence-electron chi connectivity index (χ4n) is 3.56. The monoisotopic (exact) mass is 337 g/mol. The predicted molar refractivity (Wildman–Crippen MR) is 91.9 cm³/mol. The Kier molecular flexibility index (Phi) is 7.06. The third kappa shape index (κ3) is 3.41. The molecule has 0 spiro atoms. The highest BCUT2D eigenvalue weighted by Gasteiger charge is 2.36. The Bertz CT molecular complexity index is 423. The molecule has 1 aromatic heterocycles. The first-order valence-electron chi connectivity index (χ1n) is 7.22. The van der Waals surface area contributed by atoms with Crippen molar-refractivity contribution in [2.24, 2.45) is 5.92 Å². The lowest BCUT2D eigenvalue weighted by Crippen LogP contribution is -2.49. The van der Waals surface area contributed by atoms with E-state index in [0.29, 0.717) is 0 Å². The quantitative estimate of drug-likeness (QED) is 0.912. The highest BCUT2D eigenvalue weighted by Crippen LogP contribution is 2.38. The molecule has 1 aliphatic heterocycles. The van der Waals surface area contributed by atoms with Crippen LogP contribution in [0.25, 0.3) is 0 Å². The highest BCUT2D eigenvalue weighted by atomic mass is 35.5. The van der Waals surface area contributed by atoms with Crippen LogP contribution in [-0.2, 0) is 12.8 Å². The van der Waals surface area contributed by atoms with E-state index in [1.54, 1.807) is 0 Å². The zero-order chi connectivity index (χ0) is 12.5. The van der Waals surface area contributed by atoms with Gasteiger partial charge in [-0.2, -0.15) is 0 Å². The van der Waals surface area contributed by atoms with Gasteiger partial charge in [0.1, 0.15) is 0 Å². The zero-order valence-electron chi connectivity index (χ0n) is 12.2. The fraction of sp³-hybridized carbons (Fsp3) is 0.786. The number of likely N-dealkylation sites (tertiary alicyclic amines) is 1. The lowest BCUT2D eigenvalue weighted by Gasteiger charge is -2.43. The van der Waals surface area contributed by atoms with Gasteiger partial charge in [0.05, 0.1) is 5.69 Å². The van der Waals surface area contributed by atoms with Crippen molar-refractivity contribution in [2.75, 3.05) is 25.5 Å². The maximum absolute atomic E-state index is 4.72. The summed E-state index contributed by atoms with van der Waals surface area (Å²) in [6, 6.07) is 0.788. The van der Waals surface area contributed by atoms with E-state index in [1.807, 2.05) is 18.4 Å². The van der Waals surface area contributed by atoms with Gasteiger partial charge in [0, 0.05) is 18.0 Å². The van der Waals surface area contributed by atoms with Gasteiger partial charge in [-0.15, -0.1) is 36.2 Å². The lowest BCUT2D eigenvalue weighted by molar-refractivity contribution is 0.0857. The SMILES string of the molecule is CCCN1CCC[C@H]2Cc3nc(NC)sc3C[C@@H]21.Cl.Cl. The molecule has 1 aromatic rings. The molecule has 1 N–H and O–H groups in total. The number of thiazole rings is 1. The van der Waals surface area contributed by atoms with Crippen molar-refractivity contribution >= 4 is 41.3 Å². The third-order valence-corrected chi connectivity index (χ3v) is 5.52. The maximum Gasteiger partial charge on any atom is 0.182 e. The van der Waals surface area contributed by atoms with Crippen LogP contribution in [0.3, 0.4) is 0 Å². The van der Waals surface area contributed by atoms with E-state index in [2.05, 4.69) is 17.1 Å². The second kappa shape index (κ2) is 7.83. The molecule has 6 heteroatoms. The maximum atomic E-state index is 4.72. The Morgan fingerprint density at radius 3 is 2.85 bits per heavy atom. The van der Waals surface area contributed by atoms with Crippen LogP contribution in [0, 0.1) is 5.92 Å². The Morgan fingerprint density at radius 2 is 2.15 bits per heavy atom. The van der Waals surface area contributed by atoms with Crippen molar-refractivity contribution in [3.63, 3.8) is 0 Å². The van der Waals surface area contributed by atoms with Crippen molar-refractivity contribution in [3.05, 3.63) is 10.6 Å². The highest BCUT2D eigenvalue weighted by molar-refractivity contribution is 7.15. The molecule has 0 saturated carbocycles. The summed E-state index contributed by atoms with van der Waals surface area (Å²) in [6.45, 7) is 4.87. The van der Waals surface area contributed by atoms with Crippen LogP contribution in [0.5, 0.6) is 0 Å². The summed E-state index contributed by atoms with van der Waals surface area (Å²) in [6.07, 6.45) is 6.49. The number of hydrogen-bond acceptors (Lipinski definition) is 4. The van der Waals surface area contributed by atoms with Gasteiger partial charge in [-0.1, -0.05) is 6.92 Å². The lowest BCUT2D eigenvalue weighted by atomic mass is 9.79. The second-order valence-electron chi connectivity index (χ2n) is 5.55. The first kappa shape index (κ1) is 18.0. The van der Waals surface area contributed by atoms with Crippen molar-refractivity contribution in [1.82, 2.24) is 9.88 Å². The Labute approximate surface area is 138 Å². The molecule has 1 saturated heterocycles. The number of halogens is 2. The summed E-state index contributed by atoms with van der Waals surface area (Å²) in [5.41, 5.74) is 1.38. The molecule has 1 aliphatic carbocycles. The molecule has 2 aliphatic rings. The molecule has 0 unspecified atom stereocenters. The molecule has 1 fully saturated rings. The number of piperidine rings is 1. The van der Waals surface area contributed by atoms with Crippen LogP contribution in [0.2, 0.25) is 0 Å². The predicted octanol–water partition coefficient (Wildman–Crippen LogP) is 3.62. The van der Waals surface area contributed by atoms with Crippen LogP contribution in [0.15, 0.2) is 0 Å². The second-order valence-corrected chi connectivity index (χ2v) is 6.64. The van der Waals surface area contributed by atoms with Gasteiger partial charge in [0.15, 0.2) is 5.13 Å². The number of hydrogen-bond donors (Lipinski definition) is 1. The Hall–Kier alpha value is -0.0300. The van der Waals surface area contributed by atoms with Crippen LogP contribution in [0.1, 0.15) is 36.8 Å². The van der Waals surface area contributed by atoms with Gasteiger partial charge >= 0.3 is 0 Å². The molecule has 0 bridgehead atoms. The molecular weight excluding hydrogens is 313 g/mol. The number of anilines is 1. The van der Waals surface area contributed by atoms with Crippen LogP contribution in [0.4, 0.5) is 5.13 Å². The van der Waals surface area contributed by atoms with E-state index >= 15 is 0 Å². The molecule has 2 atom stereocenters. The summed E-state index contributed by atoms with van der Waals surface area (Å²) in [5, 5.41) is 4.29. The number of nitrogens with zero attached hydrogens (tertiary/aromatic N) is 2. The minimum atomic E-state index is 0. The average molecular weight is 338 g/mol. The van der Waals surface area contributed by atoms with Gasteiger partial charge in [-0.3, -0.25) is 4.90 Å². The molecule has 0 aromatic carbocycles. The number of aromatic nitrogens is 1. The Morgan fingerprint density at radius 1 is 1.35 bits per heavy atom. The molecule has 0 radical (unpaired) electrons. The van der Waals surface area contributed by atoms with E-state index in [-0.39, 0.29) is 24.8 Å². The van der Waals surface area contributed by atoms with Gasteiger partial charge < -0.3 is 5.32 Å². The van der Waals surface area contributed by atoms with Gasteiger partial charge in [0.2, 0.25) is 0 Å². The zero-order valence-corrected chi connectivity index (χ0v) is 14.7. The standard InChI is InChI=1S/C14H23N3S.2ClH/c1-3-6-17-7-4-5-10-8-11-13(9-12(10)17)18-14(15-2)16-11;;/h10,12H,3-9H2,1-2H3,(H,15,16);2*1H/t10-,12-;;/m0../s1. The minimum Gasteiger partial charge on any atom is -0.365 e. The Balaban J connectivity index is 0.000001000. The number of rotatable bonds is 3. The van der Waals surface area contributed by atoms with E-state index in [0.717, 1.165) is 17.1 Å². The first-order chi connectivity index (χ1) is 8.81. The van der Waals surface area contributed by atoms with Crippen molar-refractivity contribution in [3.8, 4) is 0 Å². The first-order valence-corrected chi connectivity index (χ1v) is 8.03. The molecule has 3 nitrogen and oxygen atoms in total. The normalized spacial score (nSPS) is 24.9. The topological polar surface area (TPSA) is 28.2 Å². The molecular formula is C14H25Cl2N3S. The summed E-state index contributed by atoms with van der Waals surface area (Å²) in [5.74, 6) is 0.851. The molecule has 20 heavy (non-hydrogen) atoms. The van der Waals surface area contributed by atoms with Gasteiger partial charge in [-0.05, 0) is 51.1 Å². The summed E-state index contributed by atoms with van der Waals surface area (Å²) < 4.78 is 0. The largest absolute Gasteiger partial charge is 0.365 e. The van der Waals surface area contributed by atoms with Crippen molar-refractivity contribution in [2.45, 2.75) is 45.1 Å². The molecule has 3 rings (SSSR count). The molecule has 116 valence electrons. The van der Waals surface area contributed by atoms with Crippen molar-refractivity contribution in [1.29, 1.82) is 0 Å². The van der Waals surface area contributed by atoms with E-state index < -0.39 is 0 Å². The van der Waals surface area contributed by atoms with E-state index in [1.165, 1.54) is 55.8 Å². The van der Waals surface area contributed by atoms with Crippen LogP contribution in [-0.4, -0.2) is 36.1 Å². The summed E-state index contributed by atoms with van der Waals surface area (Å²) in [7, 11) is 1.97. The fourth-order valence-corrected chi connectivity index (χ4v) is 4.55. The molecule has 0 amide bonds. The third-order valence-electron chi connectivity index (χ3n) is 4.39. The number of nitrogens with one attached hydrogen (secondary N) is 1. The van der Waals surface area contributed by atoms with Crippen LogP contribution >= 0.6 is 36.2 Å². The average Bonchev–Trinajstić information content (AvgIpc) is 2.79. The number of fused-ring (bicyclic) bond motifs is 2. The molecule has 2 heterocycles. The van der Waals surface area contributed by atoms with Gasteiger partial charge in [0.25, 0.3) is 0 Å². The van der Waals surface area contributed by atoms with E-state index in [4.69, 9.17) is 4.98 Å². The van der Waals surface area contributed by atoms with Crippen LogP contribution < -0.4 is 5.32 Å². The van der Waals surface area contributed by atoms with Gasteiger partial charge in [-0.25, -0.2) is 4.98 Å². The summed E-state index contributed by atoms with van der Waals surface area (Å²) in [4.78, 5) is 8.98. The smallest absolute Gasteiger partial charge is 0.182 e. The summed E-state index contributed by atoms with van der Waals surface area (Å²) >= 11 is 1.86. The van der Waals surface area contributed by atoms with E-state index in [9.17, 15) is 0 Å². The minimum absolute atomic E-state index is 0.